The molecule has 7 nitrogen and oxygen atoms in total. The Morgan fingerprint density at radius 3 is 2.38 bits per heavy atom. The summed E-state index contributed by atoms with van der Waals surface area (Å²) in [4.78, 5) is 13.5. The number of hydrogen-bond acceptors (Lipinski definition) is 5. The van der Waals surface area contributed by atoms with Crippen LogP contribution in [0.25, 0.3) is 16.7 Å². The van der Waals surface area contributed by atoms with Crippen LogP contribution in [-0.4, -0.2) is 29.3 Å². The second-order valence-corrected chi connectivity index (χ2v) is 6.74. The summed E-state index contributed by atoms with van der Waals surface area (Å²) in [7, 11) is 1.99. The Kier molecular flexibility index (Phi) is 4.25. The number of benzene rings is 2. The van der Waals surface area contributed by atoms with Crippen molar-refractivity contribution in [3.8, 4) is 5.69 Å². The maximum Gasteiger partial charge on any atom is 0.168 e. The van der Waals surface area contributed by atoms with Crippen LogP contribution < -0.4 is 5.32 Å². The molecule has 0 fully saturated rings. The third kappa shape index (κ3) is 3.12. The maximum absolute atomic E-state index is 4.56. The number of anilines is 1. The van der Waals surface area contributed by atoms with E-state index >= 15 is 0 Å². The van der Waals surface area contributed by atoms with Gasteiger partial charge in [-0.05, 0) is 17.7 Å². The quantitative estimate of drug-likeness (QED) is 0.502. The molecule has 2 aromatic carbocycles. The normalized spacial score (nSPS) is 12.2. The Bertz CT molecular complexity index is 1240. The third-order valence-electron chi connectivity index (χ3n) is 4.90. The molecule has 0 radical (unpaired) electrons. The number of rotatable bonds is 5. The molecule has 0 saturated carbocycles. The second-order valence-electron chi connectivity index (χ2n) is 6.74. The first-order valence-corrected chi connectivity index (χ1v) is 9.34. The lowest BCUT2D eigenvalue weighted by molar-refractivity contribution is 0.746. The van der Waals surface area contributed by atoms with Crippen molar-refractivity contribution in [3.05, 3.63) is 97.0 Å². The van der Waals surface area contributed by atoms with Crippen molar-refractivity contribution in [3.63, 3.8) is 0 Å². The van der Waals surface area contributed by atoms with Crippen LogP contribution in [0.2, 0.25) is 0 Å². The lowest BCUT2D eigenvalue weighted by Crippen LogP contribution is -2.17. The minimum Gasteiger partial charge on any atom is -0.356 e. The van der Waals surface area contributed by atoms with Gasteiger partial charge in [-0.2, -0.15) is 5.10 Å². The van der Waals surface area contributed by atoms with Crippen molar-refractivity contribution in [1.29, 1.82) is 0 Å². The first-order chi connectivity index (χ1) is 14.3. The number of aromatic nitrogens is 6. The van der Waals surface area contributed by atoms with Crippen LogP contribution in [0.4, 0.5) is 5.82 Å². The van der Waals surface area contributed by atoms with Gasteiger partial charge in [0.1, 0.15) is 24.0 Å². The topological polar surface area (TPSA) is 73.5 Å². The highest BCUT2D eigenvalue weighted by molar-refractivity contribution is 5.87. The van der Waals surface area contributed by atoms with Crippen LogP contribution in [0.15, 0.2) is 85.6 Å². The van der Waals surface area contributed by atoms with Crippen molar-refractivity contribution >= 4 is 16.9 Å². The molecular weight excluding hydrogens is 362 g/mol. The molecule has 0 saturated heterocycles. The molecule has 0 bridgehead atoms. The van der Waals surface area contributed by atoms with Gasteiger partial charge in [-0.25, -0.2) is 19.6 Å². The van der Waals surface area contributed by atoms with E-state index in [0.717, 1.165) is 28.1 Å². The van der Waals surface area contributed by atoms with Crippen molar-refractivity contribution < 1.29 is 0 Å². The van der Waals surface area contributed by atoms with Crippen molar-refractivity contribution in [2.75, 3.05) is 5.32 Å². The molecule has 3 heterocycles. The standard InChI is InChI=1S/C22H19N7/c1-28-13-12-23-22(28)19(16-8-4-2-5-9-16)27-20-18-14-26-29(21(18)25-15-24-20)17-10-6-3-7-11-17/h2-15,19H,1H3,(H,24,25,27)/t19-/m0/s1. The number of aryl methyl sites for hydroxylation is 1. The summed E-state index contributed by atoms with van der Waals surface area (Å²) in [5.41, 5.74) is 2.81. The number of para-hydroxylation sites is 1. The summed E-state index contributed by atoms with van der Waals surface area (Å²) in [5.74, 6) is 1.62. The lowest BCUT2D eigenvalue weighted by Gasteiger charge is -2.20. The number of fused-ring (bicyclic) bond motifs is 1. The van der Waals surface area contributed by atoms with Gasteiger partial charge in [-0.15, -0.1) is 0 Å². The molecule has 0 aliphatic heterocycles. The van der Waals surface area contributed by atoms with E-state index in [-0.39, 0.29) is 6.04 Å². The van der Waals surface area contributed by atoms with Crippen LogP contribution in [-0.2, 0) is 7.05 Å². The zero-order chi connectivity index (χ0) is 19.6. The van der Waals surface area contributed by atoms with Gasteiger partial charge in [-0.1, -0.05) is 48.5 Å². The molecule has 0 spiro atoms. The maximum atomic E-state index is 4.56. The smallest absolute Gasteiger partial charge is 0.168 e. The largest absolute Gasteiger partial charge is 0.356 e. The number of imidazole rings is 1. The van der Waals surface area contributed by atoms with Crippen LogP contribution in [0.3, 0.4) is 0 Å². The van der Waals surface area contributed by atoms with E-state index in [0.29, 0.717) is 5.82 Å². The third-order valence-corrected chi connectivity index (χ3v) is 4.90. The molecule has 3 aromatic heterocycles. The van der Waals surface area contributed by atoms with E-state index in [2.05, 4.69) is 37.5 Å². The van der Waals surface area contributed by atoms with Gasteiger partial charge in [0.2, 0.25) is 0 Å². The van der Waals surface area contributed by atoms with Gasteiger partial charge >= 0.3 is 0 Å². The first-order valence-electron chi connectivity index (χ1n) is 9.34. The monoisotopic (exact) mass is 381 g/mol. The fourth-order valence-corrected chi connectivity index (χ4v) is 3.45. The fourth-order valence-electron chi connectivity index (χ4n) is 3.45. The van der Waals surface area contributed by atoms with E-state index in [1.807, 2.05) is 71.0 Å². The summed E-state index contributed by atoms with van der Waals surface area (Å²) in [6.07, 6.45) is 7.10. The molecule has 1 atom stereocenters. The van der Waals surface area contributed by atoms with E-state index in [9.17, 15) is 0 Å². The Labute approximate surface area is 167 Å². The van der Waals surface area contributed by atoms with Crippen LogP contribution in [0.5, 0.6) is 0 Å². The number of hydrogen-bond donors (Lipinski definition) is 1. The molecule has 1 N–H and O–H groups in total. The zero-order valence-electron chi connectivity index (χ0n) is 15.8. The van der Waals surface area contributed by atoms with Gasteiger partial charge in [-0.3, -0.25) is 0 Å². The first kappa shape index (κ1) is 17.1. The molecule has 5 rings (SSSR count). The van der Waals surface area contributed by atoms with Gasteiger partial charge in [0.05, 0.1) is 17.3 Å². The zero-order valence-corrected chi connectivity index (χ0v) is 15.8. The Morgan fingerprint density at radius 1 is 0.897 bits per heavy atom. The molecule has 0 unspecified atom stereocenters. The SMILES string of the molecule is Cn1ccnc1[C@@H](Nc1ncnc2c1cnn2-c1ccccc1)c1ccccc1. The average molecular weight is 381 g/mol. The molecule has 0 aliphatic carbocycles. The summed E-state index contributed by atoms with van der Waals surface area (Å²) in [6.45, 7) is 0. The molecular formula is C22H19N7. The van der Waals surface area contributed by atoms with E-state index in [1.165, 1.54) is 0 Å². The summed E-state index contributed by atoms with van der Waals surface area (Å²) in [5, 5.41) is 8.95. The second kappa shape index (κ2) is 7.20. The number of nitrogens with one attached hydrogen (secondary N) is 1. The molecule has 0 amide bonds. The Balaban J connectivity index is 1.60. The molecule has 142 valence electrons. The van der Waals surface area contributed by atoms with Gasteiger partial charge in [0.15, 0.2) is 5.65 Å². The molecule has 5 aromatic rings. The van der Waals surface area contributed by atoms with Gasteiger partial charge < -0.3 is 9.88 Å². The molecule has 0 aliphatic rings. The van der Waals surface area contributed by atoms with Gasteiger partial charge in [0.25, 0.3) is 0 Å². The highest BCUT2D eigenvalue weighted by Crippen LogP contribution is 2.28. The van der Waals surface area contributed by atoms with Crippen molar-refractivity contribution in [1.82, 2.24) is 29.3 Å². The summed E-state index contributed by atoms with van der Waals surface area (Å²) in [6, 6.07) is 20.0. The molecule has 7 heteroatoms. The lowest BCUT2D eigenvalue weighted by atomic mass is 10.1. The highest BCUT2D eigenvalue weighted by atomic mass is 15.3. The van der Waals surface area contributed by atoms with Crippen LogP contribution >= 0.6 is 0 Å². The Morgan fingerprint density at radius 2 is 1.66 bits per heavy atom. The minimum atomic E-state index is -0.158. The van der Waals surface area contributed by atoms with E-state index < -0.39 is 0 Å². The highest BCUT2D eigenvalue weighted by Gasteiger charge is 2.21. The van der Waals surface area contributed by atoms with Crippen LogP contribution in [0.1, 0.15) is 17.4 Å². The minimum absolute atomic E-state index is 0.158. The van der Waals surface area contributed by atoms with E-state index in [1.54, 1.807) is 18.7 Å². The summed E-state index contributed by atoms with van der Waals surface area (Å²) >= 11 is 0. The predicted molar refractivity (Wildman–Crippen MR) is 112 cm³/mol. The average Bonchev–Trinajstić information content (AvgIpc) is 3.40. The van der Waals surface area contributed by atoms with E-state index in [4.69, 9.17) is 0 Å². The fraction of sp³-hybridized carbons (Fsp3) is 0.0909. The van der Waals surface area contributed by atoms with Crippen molar-refractivity contribution in [2.24, 2.45) is 7.05 Å². The van der Waals surface area contributed by atoms with Gasteiger partial charge in [0, 0.05) is 19.4 Å². The summed E-state index contributed by atoms with van der Waals surface area (Å²) < 4.78 is 3.83. The Hall–Kier alpha value is -4.00. The molecule has 29 heavy (non-hydrogen) atoms. The van der Waals surface area contributed by atoms with Crippen LogP contribution in [0, 0.1) is 0 Å². The number of nitrogens with zero attached hydrogens (tertiary/aromatic N) is 6. The predicted octanol–water partition coefficient (Wildman–Crippen LogP) is 3.75. The van der Waals surface area contributed by atoms with Crippen molar-refractivity contribution in [2.45, 2.75) is 6.04 Å².